The third-order valence-electron chi connectivity index (χ3n) is 4.40. The standard InChI is InChI=1S/C17H16F6N4O2/c18-16(19,20)12-4-2-1-3-11(12)13(28)24-7-8-27-15(29)26(9-10-5-6-10)14(25-27)17(21,22)23/h1-4,10H,5-9H2,(H,24,28). The van der Waals surface area contributed by atoms with Gasteiger partial charge in [-0.2, -0.15) is 26.3 Å². The topological polar surface area (TPSA) is 68.9 Å². The van der Waals surface area contributed by atoms with Crippen LogP contribution in [0.25, 0.3) is 0 Å². The van der Waals surface area contributed by atoms with Crippen LogP contribution in [-0.2, 0) is 25.4 Å². The Hall–Kier alpha value is -2.79. The number of halogens is 6. The molecule has 1 heterocycles. The Bertz CT molecular complexity index is 956. The van der Waals surface area contributed by atoms with Gasteiger partial charge < -0.3 is 5.32 Å². The molecule has 0 bridgehead atoms. The molecule has 1 saturated carbocycles. The van der Waals surface area contributed by atoms with Crippen LogP contribution in [0.4, 0.5) is 26.3 Å². The van der Waals surface area contributed by atoms with Crippen LogP contribution in [0.1, 0.15) is 34.6 Å². The van der Waals surface area contributed by atoms with E-state index >= 15 is 0 Å². The van der Waals surface area contributed by atoms with Crippen LogP contribution in [0, 0.1) is 5.92 Å². The lowest BCUT2D eigenvalue weighted by Crippen LogP contribution is -2.33. The van der Waals surface area contributed by atoms with E-state index in [9.17, 15) is 35.9 Å². The van der Waals surface area contributed by atoms with Crippen LogP contribution in [0.15, 0.2) is 29.1 Å². The lowest BCUT2D eigenvalue weighted by atomic mass is 10.1. The number of hydrogen-bond donors (Lipinski definition) is 1. The first-order valence-electron chi connectivity index (χ1n) is 8.67. The second kappa shape index (κ2) is 7.56. The molecule has 0 aliphatic heterocycles. The molecule has 1 aliphatic carbocycles. The first kappa shape index (κ1) is 20.9. The SMILES string of the molecule is O=C(NCCn1nc(C(F)(F)F)n(CC2CC2)c1=O)c1ccccc1C(F)(F)F. The molecule has 0 atom stereocenters. The number of nitrogens with one attached hydrogen (secondary N) is 1. The van der Waals surface area contributed by atoms with Crippen molar-refractivity contribution in [1.29, 1.82) is 0 Å². The smallest absolute Gasteiger partial charge is 0.350 e. The largest absolute Gasteiger partial charge is 0.451 e. The molecule has 1 N–H and O–H groups in total. The molecule has 3 rings (SSSR count). The van der Waals surface area contributed by atoms with E-state index < -0.39 is 47.4 Å². The number of carbonyl (C=O) groups excluding carboxylic acids is 1. The third kappa shape index (κ3) is 4.80. The van der Waals surface area contributed by atoms with E-state index in [0.717, 1.165) is 31.0 Å². The van der Waals surface area contributed by atoms with Crippen molar-refractivity contribution in [1.82, 2.24) is 19.7 Å². The van der Waals surface area contributed by atoms with E-state index in [2.05, 4.69) is 10.4 Å². The summed E-state index contributed by atoms with van der Waals surface area (Å²) in [7, 11) is 0. The van der Waals surface area contributed by atoms with Crippen LogP contribution in [-0.4, -0.2) is 26.8 Å². The molecule has 0 radical (unpaired) electrons. The van der Waals surface area contributed by atoms with E-state index in [1.807, 2.05) is 0 Å². The number of amides is 1. The van der Waals surface area contributed by atoms with E-state index in [1.165, 1.54) is 6.07 Å². The Morgan fingerprint density at radius 3 is 2.34 bits per heavy atom. The van der Waals surface area contributed by atoms with Crippen LogP contribution in [0.5, 0.6) is 0 Å². The molecule has 0 saturated heterocycles. The molecule has 1 fully saturated rings. The molecule has 2 aromatic rings. The van der Waals surface area contributed by atoms with Crippen molar-refractivity contribution < 1.29 is 31.1 Å². The molecule has 0 unspecified atom stereocenters. The van der Waals surface area contributed by atoms with Gasteiger partial charge in [0.15, 0.2) is 0 Å². The molecule has 0 spiro atoms. The fraction of sp³-hybridized carbons (Fsp3) is 0.471. The lowest BCUT2D eigenvalue weighted by molar-refractivity contribution is -0.148. The number of rotatable bonds is 6. The van der Waals surface area contributed by atoms with Crippen molar-refractivity contribution in [2.75, 3.05) is 6.54 Å². The van der Waals surface area contributed by atoms with Crippen molar-refractivity contribution in [3.05, 3.63) is 51.7 Å². The van der Waals surface area contributed by atoms with E-state index in [4.69, 9.17) is 0 Å². The fourth-order valence-corrected chi connectivity index (χ4v) is 2.82. The zero-order valence-electron chi connectivity index (χ0n) is 14.8. The predicted octanol–water partition coefficient (Wildman–Crippen LogP) is 2.92. The molecule has 29 heavy (non-hydrogen) atoms. The van der Waals surface area contributed by atoms with Gasteiger partial charge in [-0.15, -0.1) is 5.10 Å². The number of aromatic nitrogens is 3. The van der Waals surface area contributed by atoms with Crippen molar-refractivity contribution >= 4 is 5.91 Å². The van der Waals surface area contributed by atoms with Gasteiger partial charge >= 0.3 is 18.0 Å². The highest BCUT2D eigenvalue weighted by atomic mass is 19.4. The average Bonchev–Trinajstić information content (AvgIpc) is 3.39. The number of carbonyl (C=O) groups is 1. The lowest BCUT2D eigenvalue weighted by Gasteiger charge is -2.12. The summed E-state index contributed by atoms with van der Waals surface area (Å²) in [6.45, 7) is -0.888. The zero-order valence-corrected chi connectivity index (χ0v) is 14.8. The highest BCUT2D eigenvalue weighted by Gasteiger charge is 2.40. The number of alkyl halides is 6. The molecule has 1 aromatic carbocycles. The zero-order chi connectivity index (χ0) is 21.4. The maximum atomic E-state index is 13.1. The first-order chi connectivity index (χ1) is 13.5. The molecule has 158 valence electrons. The Labute approximate surface area is 160 Å². The molecule has 1 amide bonds. The maximum Gasteiger partial charge on any atom is 0.451 e. The van der Waals surface area contributed by atoms with E-state index in [0.29, 0.717) is 9.25 Å². The molecule has 1 aliphatic rings. The summed E-state index contributed by atoms with van der Waals surface area (Å²) >= 11 is 0. The fourth-order valence-electron chi connectivity index (χ4n) is 2.82. The van der Waals surface area contributed by atoms with Crippen molar-refractivity contribution in [2.45, 2.75) is 38.3 Å². The molecule has 1 aromatic heterocycles. The number of benzene rings is 1. The average molecular weight is 422 g/mol. The Kier molecular flexibility index (Phi) is 5.46. The van der Waals surface area contributed by atoms with Crippen molar-refractivity contribution in [2.24, 2.45) is 5.92 Å². The summed E-state index contributed by atoms with van der Waals surface area (Å²) in [6, 6.07) is 4.11. The van der Waals surface area contributed by atoms with E-state index in [1.54, 1.807) is 0 Å². The highest BCUT2D eigenvalue weighted by molar-refractivity contribution is 5.95. The van der Waals surface area contributed by atoms with Crippen LogP contribution < -0.4 is 11.0 Å². The minimum Gasteiger partial charge on any atom is -0.350 e. The summed E-state index contributed by atoms with van der Waals surface area (Å²) in [5.41, 5.74) is -2.74. The van der Waals surface area contributed by atoms with Crippen LogP contribution >= 0.6 is 0 Å². The Morgan fingerprint density at radius 1 is 1.10 bits per heavy atom. The summed E-state index contributed by atoms with van der Waals surface area (Å²) < 4.78 is 79.4. The molecule has 12 heteroatoms. The van der Waals surface area contributed by atoms with Crippen molar-refractivity contribution in [3.63, 3.8) is 0 Å². The maximum absolute atomic E-state index is 13.1. The van der Waals surface area contributed by atoms with Gasteiger partial charge in [-0.3, -0.25) is 9.36 Å². The van der Waals surface area contributed by atoms with E-state index in [-0.39, 0.29) is 19.0 Å². The monoisotopic (exact) mass is 422 g/mol. The molecular formula is C17H16F6N4O2. The van der Waals surface area contributed by atoms with Crippen molar-refractivity contribution in [3.8, 4) is 0 Å². The van der Waals surface area contributed by atoms with Crippen LogP contribution in [0.2, 0.25) is 0 Å². The predicted molar refractivity (Wildman–Crippen MR) is 88.0 cm³/mol. The van der Waals surface area contributed by atoms with Gasteiger partial charge in [0.25, 0.3) is 5.91 Å². The summed E-state index contributed by atoms with van der Waals surface area (Å²) in [4.78, 5) is 24.3. The first-order valence-corrected chi connectivity index (χ1v) is 8.67. The quantitative estimate of drug-likeness (QED) is 0.728. The van der Waals surface area contributed by atoms with Gasteiger partial charge in [-0.25, -0.2) is 9.48 Å². The second-order valence-corrected chi connectivity index (χ2v) is 6.68. The van der Waals surface area contributed by atoms with Gasteiger partial charge in [-0.1, -0.05) is 12.1 Å². The normalized spacial score (nSPS) is 14.8. The summed E-state index contributed by atoms with van der Waals surface area (Å²) in [6.07, 6.45) is -8.12. The number of nitrogens with zero attached hydrogens (tertiary/aromatic N) is 3. The summed E-state index contributed by atoms with van der Waals surface area (Å²) in [5.74, 6) is -2.40. The van der Waals surface area contributed by atoms with Gasteiger partial charge in [0.2, 0.25) is 5.82 Å². The van der Waals surface area contributed by atoms with Gasteiger partial charge in [0.05, 0.1) is 17.7 Å². The second-order valence-electron chi connectivity index (χ2n) is 6.68. The number of hydrogen-bond acceptors (Lipinski definition) is 3. The Balaban J connectivity index is 1.72. The Morgan fingerprint density at radius 2 is 1.76 bits per heavy atom. The molecule has 6 nitrogen and oxygen atoms in total. The van der Waals surface area contributed by atoms with Crippen LogP contribution in [0.3, 0.4) is 0 Å². The highest BCUT2D eigenvalue weighted by Crippen LogP contribution is 2.33. The third-order valence-corrected chi connectivity index (χ3v) is 4.40. The molecular weight excluding hydrogens is 406 g/mol. The summed E-state index contributed by atoms with van der Waals surface area (Å²) in [5, 5.41) is 5.48. The minimum atomic E-state index is -4.83. The van der Waals surface area contributed by atoms with Gasteiger partial charge in [-0.05, 0) is 30.9 Å². The van der Waals surface area contributed by atoms with Gasteiger partial charge in [0, 0.05) is 13.1 Å². The van der Waals surface area contributed by atoms with Gasteiger partial charge in [0.1, 0.15) is 0 Å². The minimum absolute atomic E-state index is 0.00924.